The molecule has 0 aromatic heterocycles. The predicted molar refractivity (Wildman–Crippen MR) is 55.0 cm³/mol. The smallest absolute Gasteiger partial charge is 0.398 e. The molecule has 1 aliphatic rings. The molecule has 5 heteroatoms. The second kappa shape index (κ2) is 3.75. The van der Waals surface area contributed by atoms with E-state index in [9.17, 15) is 18.0 Å². The Bertz CT molecular complexity index is 430. The first kappa shape index (κ1) is 12.0. The van der Waals surface area contributed by atoms with E-state index >= 15 is 0 Å². The summed E-state index contributed by atoms with van der Waals surface area (Å²) in [5.74, 6) is -1.13. The second-order valence-corrected chi connectivity index (χ2v) is 4.32. The first-order valence-corrected chi connectivity index (χ1v) is 5.27. The zero-order valence-corrected chi connectivity index (χ0v) is 8.92. The summed E-state index contributed by atoms with van der Waals surface area (Å²) < 4.78 is 39.0. The fourth-order valence-electron chi connectivity index (χ4n) is 2.20. The summed E-state index contributed by atoms with van der Waals surface area (Å²) in [6, 6.07) is 5.00. The molecule has 0 amide bonds. The number of carbonyl (C=O) groups is 1. The second-order valence-electron chi connectivity index (χ2n) is 4.32. The highest BCUT2D eigenvalue weighted by molar-refractivity contribution is 5.87. The third-order valence-electron chi connectivity index (χ3n) is 3.43. The summed E-state index contributed by atoms with van der Waals surface area (Å²) in [5.41, 5.74) is -1.59. The number of aromatic carboxylic acids is 1. The Balaban J connectivity index is 2.36. The number of hydrogen-bond acceptors (Lipinski definition) is 1. The Morgan fingerprint density at radius 3 is 2.00 bits per heavy atom. The SMILES string of the molecule is O=C(O)c1ccc(C2(C(F)(F)F)CCC2)cc1. The van der Waals surface area contributed by atoms with Gasteiger partial charge in [0.25, 0.3) is 0 Å². The largest absolute Gasteiger partial charge is 0.478 e. The highest BCUT2D eigenvalue weighted by Crippen LogP contribution is 2.54. The zero-order chi connectivity index (χ0) is 12.7. The number of carboxylic acid groups (broad SMARTS) is 1. The van der Waals surface area contributed by atoms with Crippen molar-refractivity contribution in [3.8, 4) is 0 Å². The number of halogens is 3. The predicted octanol–water partition coefficient (Wildman–Crippen LogP) is 3.37. The molecule has 1 aliphatic carbocycles. The number of alkyl halides is 3. The fourth-order valence-corrected chi connectivity index (χ4v) is 2.20. The maximum Gasteiger partial charge on any atom is 0.398 e. The average Bonchev–Trinajstić information content (AvgIpc) is 2.14. The van der Waals surface area contributed by atoms with Gasteiger partial charge in [0.2, 0.25) is 0 Å². The number of rotatable bonds is 2. The molecule has 0 unspecified atom stereocenters. The Labute approximate surface area is 96.1 Å². The average molecular weight is 244 g/mol. The van der Waals surface area contributed by atoms with Gasteiger partial charge in [-0.05, 0) is 30.5 Å². The number of hydrogen-bond donors (Lipinski definition) is 1. The lowest BCUT2D eigenvalue weighted by Gasteiger charge is -2.43. The Morgan fingerprint density at radius 2 is 1.71 bits per heavy atom. The monoisotopic (exact) mass is 244 g/mol. The van der Waals surface area contributed by atoms with Gasteiger partial charge >= 0.3 is 12.1 Å². The van der Waals surface area contributed by atoms with Crippen LogP contribution in [0.15, 0.2) is 24.3 Å². The van der Waals surface area contributed by atoms with E-state index in [4.69, 9.17) is 5.11 Å². The van der Waals surface area contributed by atoms with Crippen LogP contribution in [0.1, 0.15) is 35.2 Å². The quantitative estimate of drug-likeness (QED) is 0.866. The minimum atomic E-state index is -4.27. The van der Waals surface area contributed by atoms with E-state index in [0.717, 1.165) is 0 Å². The van der Waals surface area contributed by atoms with E-state index in [-0.39, 0.29) is 24.0 Å². The standard InChI is InChI=1S/C12H11F3O2/c13-12(14,15)11(6-1-7-11)9-4-2-8(3-5-9)10(16)17/h2-5H,1,6-7H2,(H,16,17). The van der Waals surface area contributed by atoms with Crippen LogP contribution in [-0.2, 0) is 5.41 Å². The van der Waals surface area contributed by atoms with Gasteiger partial charge in [0.15, 0.2) is 0 Å². The van der Waals surface area contributed by atoms with Crippen molar-refractivity contribution in [1.82, 2.24) is 0 Å². The van der Waals surface area contributed by atoms with Gasteiger partial charge in [0.1, 0.15) is 0 Å². The molecule has 1 saturated carbocycles. The van der Waals surface area contributed by atoms with Crippen LogP contribution in [0.3, 0.4) is 0 Å². The van der Waals surface area contributed by atoms with Crippen LogP contribution in [0.4, 0.5) is 13.2 Å². The van der Waals surface area contributed by atoms with Crippen LogP contribution in [-0.4, -0.2) is 17.3 Å². The maximum absolute atomic E-state index is 13.0. The van der Waals surface area contributed by atoms with Crippen LogP contribution in [0.25, 0.3) is 0 Å². The molecular weight excluding hydrogens is 233 g/mol. The van der Waals surface area contributed by atoms with Crippen LogP contribution >= 0.6 is 0 Å². The van der Waals surface area contributed by atoms with E-state index < -0.39 is 17.6 Å². The number of benzene rings is 1. The summed E-state index contributed by atoms with van der Waals surface area (Å²) in [5, 5.41) is 8.69. The van der Waals surface area contributed by atoms with Gasteiger partial charge < -0.3 is 5.11 Å². The molecule has 0 atom stereocenters. The van der Waals surface area contributed by atoms with Gasteiger partial charge in [0, 0.05) is 0 Å². The fraction of sp³-hybridized carbons (Fsp3) is 0.417. The molecule has 92 valence electrons. The van der Waals surface area contributed by atoms with Crippen molar-refractivity contribution in [2.75, 3.05) is 0 Å². The first-order valence-electron chi connectivity index (χ1n) is 5.27. The Hall–Kier alpha value is -1.52. The van der Waals surface area contributed by atoms with Crippen molar-refractivity contribution in [3.63, 3.8) is 0 Å². The molecule has 17 heavy (non-hydrogen) atoms. The topological polar surface area (TPSA) is 37.3 Å². The van der Waals surface area contributed by atoms with Gasteiger partial charge in [-0.3, -0.25) is 0 Å². The number of carboxylic acids is 1. The van der Waals surface area contributed by atoms with E-state index in [0.29, 0.717) is 6.42 Å². The van der Waals surface area contributed by atoms with Gasteiger partial charge in [0.05, 0.1) is 11.0 Å². The minimum Gasteiger partial charge on any atom is -0.478 e. The summed E-state index contributed by atoms with van der Waals surface area (Å²) in [4.78, 5) is 10.6. The Kier molecular flexibility index (Phi) is 2.64. The van der Waals surface area contributed by atoms with Gasteiger partial charge in [-0.15, -0.1) is 0 Å². The molecule has 0 saturated heterocycles. The molecule has 0 aliphatic heterocycles. The van der Waals surface area contributed by atoms with Crippen LogP contribution in [0.5, 0.6) is 0 Å². The normalized spacial score (nSPS) is 18.5. The summed E-state index contributed by atoms with van der Waals surface area (Å²) in [7, 11) is 0. The van der Waals surface area contributed by atoms with Crippen LogP contribution < -0.4 is 0 Å². The van der Waals surface area contributed by atoms with E-state index in [2.05, 4.69) is 0 Å². The molecule has 0 radical (unpaired) electrons. The van der Waals surface area contributed by atoms with Crippen LogP contribution in [0.2, 0.25) is 0 Å². The van der Waals surface area contributed by atoms with Crippen molar-refractivity contribution < 1.29 is 23.1 Å². The summed E-state index contributed by atoms with van der Waals surface area (Å²) in [6.45, 7) is 0. The summed E-state index contributed by atoms with van der Waals surface area (Å²) in [6.07, 6.45) is -3.54. The lowest BCUT2D eigenvalue weighted by atomic mass is 9.64. The molecule has 1 aromatic carbocycles. The maximum atomic E-state index is 13.0. The van der Waals surface area contributed by atoms with Crippen molar-refractivity contribution >= 4 is 5.97 Å². The molecule has 0 bridgehead atoms. The highest BCUT2D eigenvalue weighted by atomic mass is 19.4. The van der Waals surface area contributed by atoms with Gasteiger partial charge in [-0.1, -0.05) is 18.6 Å². The Morgan fingerprint density at radius 1 is 1.18 bits per heavy atom. The molecule has 1 fully saturated rings. The van der Waals surface area contributed by atoms with Gasteiger partial charge in [-0.25, -0.2) is 4.79 Å². The third-order valence-corrected chi connectivity index (χ3v) is 3.43. The molecule has 2 nitrogen and oxygen atoms in total. The molecule has 1 N–H and O–H groups in total. The van der Waals surface area contributed by atoms with Crippen molar-refractivity contribution in [2.24, 2.45) is 0 Å². The zero-order valence-electron chi connectivity index (χ0n) is 8.92. The molecule has 2 rings (SSSR count). The molecular formula is C12H11F3O2. The minimum absolute atomic E-state index is 0.00500. The third kappa shape index (κ3) is 1.79. The molecule has 1 aromatic rings. The summed E-state index contributed by atoms with van der Waals surface area (Å²) >= 11 is 0. The molecule has 0 heterocycles. The van der Waals surface area contributed by atoms with E-state index in [1.807, 2.05) is 0 Å². The van der Waals surface area contributed by atoms with Gasteiger partial charge in [-0.2, -0.15) is 13.2 Å². The highest BCUT2D eigenvalue weighted by Gasteiger charge is 2.59. The van der Waals surface area contributed by atoms with Crippen LogP contribution in [0, 0.1) is 0 Å². The lowest BCUT2D eigenvalue weighted by Crippen LogP contribution is -2.47. The van der Waals surface area contributed by atoms with E-state index in [1.165, 1.54) is 24.3 Å². The van der Waals surface area contributed by atoms with E-state index in [1.54, 1.807) is 0 Å². The van der Waals surface area contributed by atoms with Crippen molar-refractivity contribution in [1.29, 1.82) is 0 Å². The molecule has 0 spiro atoms. The lowest BCUT2D eigenvalue weighted by molar-refractivity contribution is -0.212. The first-order chi connectivity index (χ1) is 7.87. The van der Waals surface area contributed by atoms with Crippen molar-refractivity contribution in [3.05, 3.63) is 35.4 Å². The van der Waals surface area contributed by atoms with Crippen molar-refractivity contribution in [2.45, 2.75) is 30.9 Å².